The lowest BCUT2D eigenvalue weighted by molar-refractivity contribution is 0.0231. The van der Waals surface area contributed by atoms with Crippen molar-refractivity contribution in [3.63, 3.8) is 0 Å². The highest BCUT2D eigenvalue weighted by Crippen LogP contribution is 2.40. The Morgan fingerprint density at radius 3 is 2.50 bits per heavy atom. The number of aryl methyl sites for hydroxylation is 3. The van der Waals surface area contributed by atoms with Gasteiger partial charge in [0.15, 0.2) is 11.4 Å². The highest BCUT2D eigenvalue weighted by atomic mass is 16.5. The first kappa shape index (κ1) is 20.9. The number of aromatic nitrogens is 3. The number of Topliss-reactive ketones (excluding diaryl/α,β-unsaturated/α-hetero) is 1. The average Bonchev–Trinajstić information content (AvgIpc) is 3.17. The fraction of sp³-hybridized carbons (Fsp3) is 0.321. The topological polar surface area (TPSA) is 60.2 Å². The molecule has 0 N–H and O–H groups in total. The first-order chi connectivity index (χ1) is 16.4. The number of piperidine rings is 1. The van der Waals surface area contributed by atoms with E-state index >= 15 is 0 Å². The van der Waals surface area contributed by atoms with Crippen LogP contribution in [-0.4, -0.2) is 39.2 Å². The standard InChI is InChI=1S/C28H28N4O2/c1-18-9-10-24-22(15-18)23(33)17-28(34-24)11-13-31(14-12-28)25-16-19(2)26-20(3)30-32(27(26)29-25)21-7-5-4-6-8-21/h4-10,15-16H,11-14,17H2,1-3H3. The first-order valence-electron chi connectivity index (χ1n) is 11.9. The molecule has 0 saturated carbocycles. The second-order valence-corrected chi connectivity index (χ2v) is 9.70. The maximum absolute atomic E-state index is 12.9. The van der Waals surface area contributed by atoms with Crippen molar-refractivity contribution in [1.29, 1.82) is 0 Å². The number of hydrogen-bond acceptors (Lipinski definition) is 5. The molecular formula is C28H28N4O2. The number of para-hydroxylation sites is 1. The van der Waals surface area contributed by atoms with Crippen LogP contribution in [0.3, 0.4) is 0 Å². The smallest absolute Gasteiger partial charge is 0.170 e. The van der Waals surface area contributed by atoms with Crippen LogP contribution in [0.4, 0.5) is 5.82 Å². The summed E-state index contributed by atoms with van der Waals surface area (Å²) >= 11 is 0. The molecule has 0 unspecified atom stereocenters. The van der Waals surface area contributed by atoms with Gasteiger partial charge in [0, 0.05) is 31.3 Å². The Hall–Kier alpha value is -3.67. The molecular weight excluding hydrogens is 424 g/mol. The zero-order valence-electron chi connectivity index (χ0n) is 19.8. The van der Waals surface area contributed by atoms with Gasteiger partial charge in [-0.3, -0.25) is 4.79 Å². The van der Waals surface area contributed by atoms with Gasteiger partial charge in [0.2, 0.25) is 0 Å². The largest absolute Gasteiger partial charge is 0.486 e. The van der Waals surface area contributed by atoms with Crippen LogP contribution in [-0.2, 0) is 0 Å². The number of pyridine rings is 1. The second-order valence-electron chi connectivity index (χ2n) is 9.70. The molecule has 0 amide bonds. The number of benzene rings is 2. The summed E-state index contributed by atoms with van der Waals surface area (Å²) in [6.07, 6.45) is 2.03. The molecule has 4 aromatic rings. The van der Waals surface area contributed by atoms with Gasteiger partial charge < -0.3 is 9.64 Å². The lowest BCUT2D eigenvalue weighted by Crippen LogP contribution is -2.51. The summed E-state index contributed by atoms with van der Waals surface area (Å²) in [7, 11) is 0. The third kappa shape index (κ3) is 3.36. The maximum atomic E-state index is 12.9. The number of rotatable bonds is 2. The minimum atomic E-state index is -0.419. The van der Waals surface area contributed by atoms with Gasteiger partial charge in [0.1, 0.15) is 17.2 Å². The van der Waals surface area contributed by atoms with Crippen LogP contribution in [0, 0.1) is 20.8 Å². The van der Waals surface area contributed by atoms with Gasteiger partial charge in [-0.05, 0) is 56.7 Å². The predicted molar refractivity (Wildman–Crippen MR) is 133 cm³/mol. The van der Waals surface area contributed by atoms with Crippen LogP contribution >= 0.6 is 0 Å². The SMILES string of the molecule is Cc1ccc2c(c1)C(=O)CC1(CCN(c3cc(C)c4c(C)nn(-c5ccccc5)c4n3)CC1)O2. The average molecular weight is 453 g/mol. The molecule has 4 heterocycles. The molecule has 34 heavy (non-hydrogen) atoms. The molecule has 2 aliphatic rings. The van der Waals surface area contributed by atoms with Gasteiger partial charge in [-0.25, -0.2) is 9.67 Å². The van der Waals surface area contributed by atoms with E-state index in [0.29, 0.717) is 6.42 Å². The highest BCUT2D eigenvalue weighted by molar-refractivity contribution is 6.00. The van der Waals surface area contributed by atoms with E-state index in [2.05, 4.69) is 30.0 Å². The number of hydrogen-bond donors (Lipinski definition) is 0. The summed E-state index contributed by atoms with van der Waals surface area (Å²) in [5.41, 5.74) is 5.43. The van der Waals surface area contributed by atoms with Crippen molar-refractivity contribution >= 4 is 22.6 Å². The fourth-order valence-corrected chi connectivity index (χ4v) is 5.43. The summed E-state index contributed by atoms with van der Waals surface area (Å²) in [6, 6.07) is 18.2. The van der Waals surface area contributed by atoms with E-state index in [1.54, 1.807) is 0 Å². The van der Waals surface area contributed by atoms with Crippen LogP contribution in [0.2, 0.25) is 0 Å². The molecule has 1 saturated heterocycles. The van der Waals surface area contributed by atoms with Crippen molar-refractivity contribution in [3.05, 3.63) is 77.0 Å². The number of fused-ring (bicyclic) bond motifs is 2. The zero-order chi connectivity index (χ0) is 23.4. The van der Waals surface area contributed by atoms with Gasteiger partial charge in [-0.1, -0.05) is 29.8 Å². The Labute approximate surface area is 199 Å². The van der Waals surface area contributed by atoms with E-state index in [9.17, 15) is 4.79 Å². The Morgan fingerprint density at radius 2 is 1.74 bits per heavy atom. The minimum absolute atomic E-state index is 0.191. The molecule has 0 atom stereocenters. The maximum Gasteiger partial charge on any atom is 0.170 e. The summed E-state index contributed by atoms with van der Waals surface area (Å²) < 4.78 is 8.40. The summed E-state index contributed by atoms with van der Waals surface area (Å²) in [5, 5.41) is 5.90. The van der Waals surface area contributed by atoms with E-state index in [-0.39, 0.29) is 5.78 Å². The van der Waals surface area contributed by atoms with Crippen LogP contribution in [0.5, 0.6) is 5.75 Å². The van der Waals surface area contributed by atoms with E-state index in [1.165, 1.54) is 5.56 Å². The molecule has 1 fully saturated rings. The van der Waals surface area contributed by atoms with Crippen molar-refractivity contribution in [1.82, 2.24) is 14.8 Å². The molecule has 1 spiro atoms. The molecule has 172 valence electrons. The summed E-state index contributed by atoms with van der Waals surface area (Å²) in [5.74, 6) is 1.87. The monoisotopic (exact) mass is 452 g/mol. The Bertz CT molecular complexity index is 1420. The minimum Gasteiger partial charge on any atom is -0.486 e. The first-order valence-corrected chi connectivity index (χ1v) is 11.9. The second kappa shape index (κ2) is 7.69. The van der Waals surface area contributed by atoms with E-state index in [0.717, 1.165) is 71.0 Å². The Balaban J connectivity index is 1.30. The van der Waals surface area contributed by atoms with Crippen LogP contribution in [0.15, 0.2) is 54.6 Å². The number of carbonyl (C=O) groups excluding carboxylic acids is 1. The van der Waals surface area contributed by atoms with E-state index < -0.39 is 5.60 Å². The molecule has 0 radical (unpaired) electrons. The van der Waals surface area contributed by atoms with Gasteiger partial charge in [-0.15, -0.1) is 0 Å². The molecule has 6 heteroatoms. The van der Waals surface area contributed by atoms with Crippen molar-refractivity contribution in [3.8, 4) is 11.4 Å². The van der Waals surface area contributed by atoms with Gasteiger partial charge in [0.25, 0.3) is 0 Å². The Morgan fingerprint density at radius 1 is 0.971 bits per heavy atom. The van der Waals surface area contributed by atoms with Crippen molar-refractivity contribution < 1.29 is 9.53 Å². The van der Waals surface area contributed by atoms with Crippen molar-refractivity contribution in [2.45, 2.75) is 45.6 Å². The summed E-state index contributed by atoms with van der Waals surface area (Å²) in [4.78, 5) is 20.3. The van der Waals surface area contributed by atoms with E-state index in [1.807, 2.05) is 54.9 Å². The van der Waals surface area contributed by atoms with Crippen molar-refractivity contribution in [2.24, 2.45) is 0 Å². The van der Waals surface area contributed by atoms with Crippen LogP contribution in [0.1, 0.15) is 46.4 Å². The highest BCUT2D eigenvalue weighted by Gasteiger charge is 2.43. The number of ether oxygens (including phenoxy) is 1. The number of anilines is 1. The summed E-state index contributed by atoms with van der Waals surface area (Å²) in [6.45, 7) is 7.77. The zero-order valence-corrected chi connectivity index (χ0v) is 19.8. The third-order valence-electron chi connectivity index (χ3n) is 7.24. The Kier molecular flexibility index (Phi) is 4.73. The molecule has 0 bridgehead atoms. The molecule has 6 rings (SSSR count). The van der Waals surface area contributed by atoms with Gasteiger partial charge >= 0.3 is 0 Å². The number of ketones is 1. The normalized spacial score (nSPS) is 17.1. The van der Waals surface area contributed by atoms with Crippen LogP contribution < -0.4 is 9.64 Å². The molecule has 2 aromatic carbocycles. The lowest BCUT2D eigenvalue weighted by Gasteiger charge is -2.44. The lowest BCUT2D eigenvalue weighted by atomic mass is 9.82. The molecule has 2 aliphatic heterocycles. The molecule has 0 aliphatic carbocycles. The molecule has 2 aromatic heterocycles. The number of nitrogens with zero attached hydrogens (tertiary/aromatic N) is 4. The van der Waals surface area contributed by atoms with Gasteiger partial charge in [-0.2, -0.15) is 5.10 Å². The fourth-order valence-electron chi connectivity index (χ4n) is 5.43. The third-order valence-corrected chi connectivity index (χ3v) is 7.24. The van der Waals surface area contributed by atoms with Crippen molar-refractivity contribution in [2.75, 3.05) is 18.0 Å². The van der Waals surface area contributed by atoms with Crippen LogP contribution in [0.25, 0.3) is 16.7 Å². The predicted octanol–water partition coefficient (Wildman–Crippen LogP) is 5.35. The quantitative estimate of drug-likeness (QED) is 0.410. The van der Waals surface area contributed by atoms with E-state index in [4.69, 9.17) is 14.8 Å². The molecule has 6 nitrogen and oxygen atoms in total. The van der Waals surface area contributed by atoms with Gasteiger partial charge in [0.05, 0.1) is 23.4 Å². The number of carbonyl (C=O) groups is 1.